The van der Waals surface area contributed by atoms with Crippen molar-refractivity contribution < 1.29 is 23.9 Å². The molecule has 7 heteroatoms. The number of esters is 2. The number of Topliss-reactive ketones (excluding diaryl/α,β-unsaturated/α-hetero) is 1. The van der Waals surface area contributed by atoms with E-state index in [9.17, 15) is 14.4 Å². The summed E-state index contributed by atoms with van der Waals surface area (Å²) in [5, 5.41) is 0. The van der Waals surface area contributed by atoms with Crippen molar-refractivity contribution >= 4 is 41.2 Å². The van der Waals surface area contributed by atoms with E-state index in [4.69, 9.17) is 9.47 Å². The predicted octanol–water partition coefficient (Wildman–Crippen LogP) is 13.6. The largest absolute Gasteiger partial charge is 0.461 e. The SMILES string of the molecule is CCCCCCC(CSCCCCCC(=O)CCCCCSCC(CCCCCC)OC(=O)CCC1CCCCC1)OC(=O)CCC1CCCCC1. The number of carbonyl (C=O) groups excluding carboxylic acids is 3. The van der Waals surface area contributed by atoms with E-state index >= 15 is 0 Å². The van der Waals surface area contributed by atoms with E-state index in [1.165, 1.54) is 103 Å². The average molecular weight is 767 g/mol. The Bertz CT molecular complexity index is 802. The molecule has 0 aromatic carbocycles. The first-order chi connectivity index (χ1) is 25.5. The molecule has 0 aromatic rings. The van der Waals surface area contributed by atoms with Crippen LogP contribution in [-0.2, 0) is 23.9 Å². The van der Waals surface area contributed by atoms with Gasteiger partial charge in [-0.1, -0.05) is 129 Å². The number of unbranched alkanes of at least 4 members (excludes halogenated alkanes) is 10. The molecule has 2 aliphatic carbocycles. The average Bonchev–Trinajstić information content (AvgIpc) is 3.16. The minimum absolute atomic E-state index is 0.0171. The van der Waals surface area contributed by atoms with Crippen molar-refractivity contribution in [1.29, 1.82) is 0 Å². The first-order valence-electron chi connectivity index (χ1n) is 22.6. The van der Waals surface area contributed by atoms with Gasteiger partial charge in [0.1, 0.15) is 18.0 Å². The molecule has 0 heterocycles. The summed E-state index contributed by atoms with van der Waals surface area (Å²) < 4.78 is 12.0. The number of carbonyl (C=O) groups is 3. The minimum atomic E-state index is 0.0171. The first kappa shape index (κ1) is 47.5. The van der Waals surface area contributed by atoms with Crippen LogP contribution in [0.5, 0.6) is 0 Å². The predicted molar refractivity (Wildman–Crippen MR) is 225 cm³/mol. The molecule has 2 rings (SSSR count). The fourth-order valence-corrected chi connectivity index (χ4v) is 10.1. The van der Waals surface area contributed by atoms with Crippen molar-refractivity contribution in [3.8, 4) is 0 Å². The molecule has 2 unspecified atom stereocenters. The number of thioether (sulfide) groups is 2. The van der Waals surface area contributed by atoms with Gasteiger partial charge >= 0.3 is 11.9 Å². The van der Waals surface area contributed by atoms with Gasteiger partial charge in [0.25, 0.3) is 0 Å². The number of ether oxygens (including phenoxy) is 2. The molecule has 2 atom stereocenters. The first-order valence-corrected chi connectivity index (χ1v) is 24.9. The molecule has 5 nitrogen and oxygen atoms in total. The lowest BCUT2D eigenvalue weighted by atomic mass is 9.86. The van der Waals surface area contributed by atoms with Gasteiger partial charge in [-0.2, -0.15) is 23.5 Å². The lowest BCUT2D eigenvalue weighted by Gasteiger charge is -2.22. The van der Waals surface area contributed by atoms with Gasteiger partial charge < -0.3 is 9.47 Å². The zero-order valence-corrected chi connectivity index (χ0v) is 35.8. The maximum absolute atomic E-state index is 12.6. The summed E-state index contributed by atoms with van der Waals surface area (Å²) in [6.07, 6.45) is 36.0. The Kier molecular flexibility index (Phi) is 30.7. The van der Waals surface area contributed by atoms with Crippen LogP contribution in [0.1, 0.15) is 219 Å². The van der Waals surface area contributed by atoms with Gasteiger partial charge in [0.2, 0.25) is 0 Å². The molecule has 0 spiro atoms. The Hall–Kier alpha value is -0.690. The van der Waals surface area contributed by atoms with Crippen LogP contribution in [0.4, 0.5) is 0 Å². The second-order valence-corrected chi connectivity index (χ2v) is 18.6. The Morgan fingerprint density at radius 2 is 0.904 bits per heavy atom. The monoisotopic (exact) mass is 767 g/mol. The summed E-state index contributed by atoms with van der Waals surface area (Å²) in [5.74, 6) is 5.87. The number of hydrogen-bond donors (Lipinski definition) is 0. The number of hydrogen-bond acceptors (Lipinski definition) is 7. The Labute approximate surface area is 330 Å². The van der Waals surface area contributed by atoms with Crippen molar-refractivity contribution in [3.05, 3.63) is 0 Å². The third kappa shape index (κ3) is 27.0. The highest BCUT2D eigenvalue weighted by molar-refractivity contribution is 7.99. The molecule has 2 fully saturated rings. The fourth-order valence-electron chi connectivity index (χ4n) is 8.00. The maximum atomic E-state index is 12.6. The molecule has 0 bridgehead atoms. The fraction of sp³-hybridized carbons (Fsp3) is 0.933. The molecule has 0 saturated heterocycles. The lowest BCUT2D eigenvalue weighted by Crippen LogP contribution is -2.21. The summed E-state index contributed by atoms with van der Waals surface area (Å²) in [6, 6.07) is 0. The molecule has 2 aliphatic rings. The Morgan fingerprint density at radius 3 is 1.31 bits per heavy atom. The summed E-state index contributed by atoms with van der Waals surface area (Å²) >= 11 is 3.85. The molecule has 0 amide bonds. The van der Waals surface area contributed by atoms with E-state index in [0.717, 1.165) is 112 Å². The van der Waals surface area contributed by atoms with Gasteiger partial charge in [-0.3, -0.25) is 14.4 Å². The summed E-state index contributed by atoms with van der Waals surface area (Å²) in [4.78, 5) is 37.8. The molecular formula is C45H82O5S2. The molecule has 0 N–H and O–H groups in total. The standard InChI is InChI=1S/C45H82O5S2/c1-3-5-7-19-29-42(49-44(47)33-31-39-23-13-9-14-24-39)37-51-35-21-11-17-27-41(46)28-18-12-22-36-52-38-43(30-20-8-6-4-2)50-45(48)34-32-40-25-15-10-16-26-40/h39-40,42-43H,3-38H2,1-2H3. The minimum Gasteiger partial charge on any atom is -0.461 e. The molecule has 52 heavy (non-hydrogen) atoms. The van der Waals surface area contributed by atoms with Gasteiger partial charge in [-0.05, 0) is 87.5 Å². The van der Waals surface area contributed by atoms with E-state index in [-0.39, 0.29) is 24.1 Å². The summed E-state index contributed by atoms with van der Waals surface area (Å²) in [6.45, 7) is 4.47. The third-order valence-corrected chi connectivity index (χ3v) is 13.8. The van der Waals surface area contributed by atoms with Crippen molar-refractivity contribution in [1.82, 2.24) is 0 Å². The highest BCUT2D eigenvalue weighted by atomic mass is 32.2. The van der Waals surface area contributed by atoms with Crippen molar-refractivity contribution in [2.24, 2.45) is 11.8 Å². The van der Waals surface area contributed by atoms with Gasteiger partial charge in [0.15, 0.2) is 0 Å². The molecule has 0 aromatic heterocycles. The highest BCUT2D eigenvalue weighted by Crippen LogP contribution is 2.29. The molecule has 0 radical (unpaired) electrons. The summed E-state index contributed by atoms with van der Waals surface area (Å²) in [7, 11) is 0. The normalized spacial score (nSPS) is 16.8. The second-order valence-electron chi connectivity index (χ2n) is 16.3. The van der Waals surface area contributed by atoms with Crippen LogP contribution in [0, 0.1) is 11.8 Å². The zero-order chi connectivity index (χ0) is 37.3. The van der Waals surface area contributed by atoms with Gasteiger partial charge in [-0.15, -0.1) is 0 Å². The van der Waals surface area contributed by atoms with Crippen LogP contribution in [0.3, 0.4) is 0 Å². The van der Waals surface area contributed by atoms with Crippen LogP contribution in [0.2, 0.25) is 0 Å². The third-order valence-electron chi connectivity index (χ3n) is 11.4. The molecule has 304 valence electrons. The van der Waals surface area contributed by atoms with E-state index in [2.05, 4.69) is 13.8 Å². The smallest absolute Gasteiger partial charge is 0.306 e. The Morgan fingerprint density at radius 1 is 0.500 bits per heavy atom. The van der Waals surface area contributed by atoms with Crippen LogP contribution in [-0.4, -0.2) is 52.9 Å². The highest BCUT2D eigenvalue weighted by Gasteiger charge is 2.20. The van der Waals surface area contributed by atoms with E-state index in [1.54, 1.807) is 0 Å². The topological polar surface area (TPSA) is 69.7 Å². The van der Waals surface area contributed by atoms with E-state index < -0.39 is 0 Å². The van der Waals surface area contributed by atoms with Crippen LogP contribution < -0.4 is 0 Å². The van der Waals surface area contributed by atoms with Crippen LogP contribution in [0.15, 0.2) is 0 Å². The molecule has 2 saturated carbocycles. The van der Waals surface area contributed by atoms with Crippen LogP contribution >= 0.6 is 23.5 Å². The molecular weight excluding hydrogens is 685 g/mol. The maximum Gasteiger partial charge on any atom is 0.306 e. The second kappa shape index (κ2) is 33.6. The molecule has 0 aliphatic heterocycles. The van der Waals surface area contributed by atoms with Crippen molar-refractivity contribution in [2.75, 3.05) is 23.0 Å². The van der Waals surface area contributed by atoms with Crippen molar-refractivity contribution in [2.45, 2.75) is 232 Å². The number of ketones is 1. The Balaban J connectivity index is 1.49. The van der Waals surface area contributed by atoms with E-state index in [0.29, 0.717) is 31.5 Å². The number of rotatable bonds is 34. The van der Waals surface area contributed by atoms with Gasteiger partial charge in [-0.25, -0.2) is 0 Å². The van der Waals surface area contributed by atoms with E-state index in [1.807, 2.05) is 23.5 Å². The quantitative estimate of drug-likeness (QED) is 0.0477. The van der Waals surface area contributed by atoms with Gasteiger partial charge in [0.05, 0.1) is 0 Å². The van der Waals surface area contributed by atoms with Crippen molar-refractivity contribution in [3.63, 3.8) is 0 Å². The summed E-state index contributed by atoms with van der Waals surface area (Å²) in [5.41, 5.74) is 0. The lowest BCUT2D eigenvalue weighted by molar-refractivity contribution is -0.149. The van der Waals surface area contributed by atoms with Crippen LogP contribution in [0.25, 0.3) is 0 Å². The van der Waals surface area contributed by atoms with Gasteiger partial charge in [0, 0.05) is 37.2 Å². The zero-order valence-electron chi connectivity index (χ0n) is 34.1.